The van der Waals surface area contributed by atoms with Gasteiger partial charge >= 0.3 is 0 Å². The summed E-state index contributed by atoms with van der Waals surface area (Å²) in [5.41, 5.74) is 1.26. The third-order valence-corrected chi connectivity index (χ3v) is 3.14. The summed E-state index contributed by atoms with van der Waals surface area (Å²) in [6.45, 7) is 6.98. The summed E-state index contributed by atoms with van der Waals surface area (Å²) in [5, 5.41) is 7.83. The third kappa shape index (κ3) is 2.62. The van der Waals surface area contributed by atoms with Gasteiger partial charge in [-0.15, -0.1) is 0 Å². The fourth-order valence-corrected chi connectivity index (χ4v) is 2.13. The van der Waals surface area contributed by atoms with E-state index in [1.165, 1.54) is 12.0 Å². The zero-order chi connectivity index (χ0) is 11.4. The number of nitrogens with zero attached hydrogens (tertiary/aromatic N) is 2. The fraction of sp³-hybridized carbons (Fsp3) is 0.750. The molecule has 2 rings (SSSR count). The quantitative estimate of drug-likeness (QED) is 0.847. The van der Waals surface area contributed by atoms with E-state index >= 15 is 0 Å². The van der Waals surface area contributed by atoms with Gasteiger partial charge in [-0.1, -0.05) is 6.92 Å². The van der Waals surface area contributed by atoms with Crippen LogP contribution < -0.4 is 5.32 Å². The summed E-state index contributed by atoms with van der Waals surface area (Å²) >= 11 is 0. The van der Waals surface area contributed by atoms with E-state index in [1.807, 2.05) is 6.20 Å². The van der Waals surface area contributed by atoms with Gasteiger partial charge in [0.2, 0.25) is 0 Å². The summed E-state index contributed by atoms with van der Waals surface area (Å²) in [6, 6.07) is 0.805. The second-order valence-corrected chi connectivity index (χ2v) is 4.40. The number of aromatic nitrogens is 2. The number of hydrogen-bond donors (Lipinski definition) is 1. The molecule has 1 aliphatic rings. The molecule has 0 radical (unpaired) electrons. The van der Waals surface area contributed by atoms with Crippen LogP contribution in [0.4, 0.5) is 0 Å². The molecule has 2 unspecified atom stereocenters. The Morgan fingerprint density at radius 1 is 1.69 bits per heavy atom. The SMILES string of the molecule is CCNC(C)c1cnn(C2CCCOC2)c1. The van der Waals surface area contributed by atoms with E-state index in [9.17, 15) is 0 Å². The minimum Gasteiger partial charge on any atom is -0.379 e. The van der Waals surface area contributed by atoms with Crippen LogP contribution in [0.2, 0.25) is 0 Å². The van der Waals surface area contributed by atoms with Gasteiger partial charge in [0.1, 0.15) is 0 Å². The van der Waals surface area contributed by atoms with E-state index in [4.69, 9.17) is 4.74 Å². The van der Waals surface area contributed by atoms with Gasteiger partial charge in [-0.2, -0.15) is 5.10 Å². The van der Waals surface area contributed by atoms with Gasteiger partial charge in [0.25, 0.3) is 0 Å². The maximum Gasteiger partial charge on any atom is 0.0753 e. The molecular formula is C12H21N3O. The van der Waals surface area contributed by atoms with Gasteiger partial charge in [0.05, 0.1) is 18.8 Å². The maximum atomic E-state index is 5.48. The third-order valence-electron chi connectivity index (χ3n) is 3.14. The van der Waals surface area contributed by atoms with Gasteiger partial charge < -0.3 is 10.1 Å². The molecule has 90 valence electrons. The van der Waals surface area contributed by atoms with Crippen molar-refractivity contribution in [2.75, 3.05) is 19.8 Å². The second kappa shape index (κ2) is 5.46. The largest absolute Gasteiger partial charge is 0.379 e. The first-order valence-electron chi connectivity index (χ1n) is 6.16. The molecule has 1 aromatic rings. The molecule has 0 saturated carbocycles. The van der Waals surface area contributed by atoms with Crippen LogP contribution in [0.15, 0.2) is 12.4 Å². The topological polar surface area (TPSA) is 39.1 Å². The number of hydrogen-bond acceptors (Lipinski definition) is 3. The molecule has 4 heteroatoms. The van der Waals surface area contributed by atoms with Gasteiger partial charge in [-0.05, 0) is 26.3 Å². The minimum atomic E-state index is 0.378. The van der Waals surface area contributed by atoms with Crippen molar-refractivity contribution < 1.29 is 4.74 Å². The molecule has 2 heterocycles. The smallest absolute Gasteiger partial charge is 0.0753 e. The van der Waals surface area contributed by atoms with E-state index in [0.717, 1.165) is 26.2 Å². The summed E-state index contributed by atoms with van der Waals surface area (Å²) in [4.78, 5) is 0. The molecule has 0 spiro atoms. The Morgan fingerprint density at radius 2 is 2.56 bits per heavy atom. The summed E-state index contributed by atoms with van der Waals surface area (Å²) in [5.74, 6) is 0. The molecule has 16 heavy (non-hydrogen) atoms. The molecular weight excluding hydrogens is 202 g/mol. The monoisotopic (exact) mass is 223 g/mol. The van der Waals surface area contributed by atoms with Crippen molar-refractivity contribution in [2.45, 2.75) is 38.8 Å². The fourth-order valence-electron chi connectivity index (χ4n) is 2.13. The van der Waals surface area contributed by atoms with Gasteiger partial charge in [-0.25, -0.2) is 0 Å². The van der Waals surface area contributed by atoms with Gasteiger partial charge in [0.15, 0.2) is 0 Å². The Hall–Kier alpha value is -0.870. The first-order valence-corrected chi connectivity index (χ1v) is 6.16. The Labute approximate surface area is 97.0 Å². The van der Waals surface area contributed by atoms with E-state index in [1.54, 1.807) is 0 Å². The molecule has 4 nitrogen and oxygen atoms in total. The van der Waals surface area contributed by atoms with Crippen molar-refractivity contribution in [1.82, 2.24) is 15.1 Å². The maximum absolute atomic E-state index is 5.48. The molecule has 0 bridgehead atoms. The predicted octanol–water partition coefficient (Wildman–Crippen LogP) is 1.91. The first-order chi connectivity index (χ1) is 7.81. The molecule has 1 fully saturated rings. The van der Waals surface area contributed by atoms with E-state index in [2.05, 4.69) is 35.1 Å². The van der Waals surface area contributed by atoms with Crippen LogP contribution in [0.5, 0.6) is 0 Å². The Kier molecular flexibility index (Phi) is 3.96. The molecule has 0 aromatic carbocycles. The lowest BCUT2D eigenvalue weighted by molar-refractivity contribution is 0.0549. The lowest BCUT2D eigenvalue weighted by Gasteiger charge is -2.22. The van der Waals surface area contributed by atoms with Gasteiger partial charge in [-0.3, -0.25) is 4.68 Å². The van der Waals surface area contributed by atoms with Crippen LogP contribution in [0, 0.1) is 0 Å². The summed E-state index contributed by atoms with van der Waals surface area (Å²) in [6.07, 6.45) is 6.42. The van der Waals surface area contributed by atoms with Crippen LogP contribution in [0.3, 0.4) is 0 Å². The van der Waals surface area contributed by atoms with Crippen molar-refractivity contribution in [3.63, 3.8) is 0 Å². The number of nitrogens with one attached hydrogen (secondary N) is 1. The zero-order valence-corrected chi connectivity index (χ0v) is 10.1. The van der Waals surface area contributed by atoms with Crippen molar-refractivity contribution in [2.24, 2.45) is 0 Å². The van der Waals surface area contributed by atoms with Crippen molar-refractivity contribution in [1.29, 1.82) is 0 Å². The van der Waals surface area contributed by atoms with Crippen molar-refractivity contribution in [3.05, 3.63) is 18.0 Å². The normalized spacial score (nSPS) is 23.2. The summed E-state index contributed by atoms with van der Waals surface area (Å²) < 4.78 is 7.54. The van der Waals surface area contributed by atoms with Crippen LogP contribution in [0.1, 0.15) is 44.3 Å². The molecule has 1 saturated heterocycles. The minimum absolute atomic E-state index is 0.378. The predicted molar refractivity (Wildman–Crippen MR) is 63.4 cm³/mol. The van der Waals surface area contributed by atoms with Crippen molar-refractivity contribution >= 4 is 0 Å². The highest BCUT2D eigenvalue weighted by atomic mass is 16.5. The highest BCUT2D eigenvalue weighted by Gasteiger charge is 2.17. The molecule has 2 atom stereocenters. The van der Waals surface area contributed by atoms with E-state index in [-0.39, 0.29) is 0 Å². The zero-order valence-electron chi connectivity index (χ0n) is 10.1. The lowest BCUT2D eigenvalue weighted by atomic mass is 10.1. The van der Waals surface area contributed by atoms with Crippen molar-refractivity contribution in [3.8, 4) is 0 Å². The van der Waals surface area contributed by atoms with E-state index in [0.29, 0.717) is 12.1 Å². The Morgan fingerprint density at radius 3 is 3.25 bits per heavy atom. The van der Waals surface area contributed by atoms with E-state index < -0.39 is 0 Å². The molecule has 1 N–H and O–H groups in total. The van der Waals surface area contributed by atoms with Crippen LogP contribution in [-0.2, 0) is 4.74 Å². The second-order valence-electron chi connectivity index (χ2n) is 4.40. The first kappa shape index (κ1) is 11.6. The molecule has 0 amide bonds. The van der Waals surface area contributed by atoms with Crippen LogP contribution in [0.25, 0.3) is 0 Å². The Bertz CT molecular complexity index is 318. The number of ether oxygens (including phenoxy) is 1. The lowest BCUT2D eigenvalue weighted by Crippen LogP contribution is -2.21. The highest BCUT2D eigenvalue weighted by Crippen LogP contribution is 2.20. The molecule has 1 aromatic heterocycles. The average molecular weight is 223 g/mol. The highest BCUT2D eigenvalue weighted by molar-refractivity contribution is 5.09. The van der Waals surface area contributed by atoms with Gasteiger partial charge in [0, 0.05) is 24.4 Å². The standard InChI is InChI=1S/C12H21N3O/c1-3-13-10(2)11-7-14-15(8-11)12-5-4-6-16-9-12/h7-8,10,12-13H,3-6,9H2,1-2H3. The average Bonchev–Trinajstić information content (AvgIpc) is 2.80. The van der Waals surface area contributed by atoms with Crippen LogP contribution in [-0.4, -0.2) is 29.5 Å². The van der Waals surface area contributed by atoms with Crippen LogP contribution >= 0.6 is 0 Å². The molecule has 1 aliphatic heterocycles. The Balaban J connectivity index is 2.00. The summed E-state index contributed by atoms with van der Waals surface area (Å²) in [7, 11) is 0. The molecule has 0 aliphatic carbocycles. The number of rotatable bonds is 4.